The average Bonchev–Trinajstić information content (AvgIpc) is 3.61. The van der Waals surface area contributed by atoms with Crippen molar-refractivity contribution in [1.82, 2.24) is 15.2 Å². The Morgan fingerprint density at radius 3 is 2.36 bits per heavy atom. The lowest BCUT2D eigenvalue weighted by Crippen LogP contribution is -2.50. The van der Waals surface area contributed by atoms with Crippen LogP contribution < -0.4 is 20.9 Å². The van der Waals surface area contributed by atoms with Gasteiger partial charge in [-0.1, -0.05) is 30.3 Å². The van der Waals surface area contributed by atoms with E-state index in [1.54, 1.807) is 51.6 Å². The van der Waals surface area contributed by atoms with E-state index in [1.165, 1.54) is 0 Å². The van der Waals surface area contributed by atoms with Gasteiger partial charge in [-0.3, -0.25) is 9.59 Å². The Hall–Kier alpha value is -3.81. The predicted octanol–water partition coefficient (Wildman–Crippen LogP) is 3.93. The van der Waals surface area contributed by atoms with E-state index in [0.29, 0.717) is 36.9 Å². The molecule has 0 bridgehead atoms. The number of amides is 2. The second-order valence-electron chi connectivity index (χ2n) is 10.2. The quantitative estimate of drug-likeness (QED) is 0.522. The SMILES string of the molecule is COc1ccc2c(=O)n(C)c(CCNC(=O)C3(NC(=O)OC(C)(C)C)CC3)c(-c3ccccc3)c2c1. The molecule has 1 aromatic heterocycles. The van der Waals surface area contributed by atoms with Crippen molar-refractivity contribution in [2.24, 2.45) is 7.05 Å². The van der Waals surface area contributed by atoms with Crippen LogP contribution in [0.2, 0.25) is 0 Å². The molecule has 8 heteroatoms. The molecule has 1 fully saturated rings. The summed E-state index contributed by atoms with van der Waals surface area (Å²) in [4.78, 5) is 38.4. The Bertz CT molecular complexity index is 1350. The van der Waals surface area contributed by atoms with Gasteiger partial charge in [-0.2, -0.15) is 0 Å². The summed E-state index contributed by atoms with van der Waals surface area (Å²) in [5.74, 6) is 0.415. The van der Waals surface area contributed by atoms with E-state index in [9.17, 15) is 14.4 Å². The van der Waals surface area contributed by atoms with Crippen molar-refractivity contribution in [2.45, 2.75) is 51.2 Å². The van der Waals surface area contributed by atoms with Crippen LogP contribution >= 0.6 is 0 Å². The number of ether oxygens (including phenoxy) is 2. The largest absolute Gasteiger partial charge is 0.497 e. The first kappa shape index (κ1) is 25.3. The molecule has 2 aromatic carbocycles. The number of alkyl carbamates (subject to hydrolysis) is 1. The number of nitrogens with zero attached hydrogens (tertiary/aromatic N) is 1. The lowest BCUT2D eigenvalue weighted by Gasteiger charge is -2.23. The molecule has 0 unspecified atom stereocenters. The third-order valence-electron chi connectivity index (χ3n) is 6.36. The highest BCUT2D eigenvalue weighted by molar-refractivity contribution is 5.98. The minimum Gasteiger partial charge on any atom is -0.497 e. The summed E-state index contributed by atoms with van der Waals surface area (Å²) in [5, 5.41) is 7.08. The Labute approximate surface area is 210 Å². The number of carbonyl (C=O) groups excluding carboxylic acids is 2. The summed E-state index contributed by atoms with van der Waals surface area (Å²) < 4.78 is 12.4. The minimum atomic E-state index is -0.937. The Morgan fingerprint density at radius 2 is 1.75 bits per heavy atom. The van der Waals surface area contributed by atoms with Crippen molar-refractivity contribution < 1.29 is 19.1 Å². The predicted molar refractivity (Wildman–Crippen MR) is 139 cm³/mol. The van der Waals surface area contributed by atoms with Crippen molar-refractivity contribution >= 4 is 22.8 Å². The van der Waals surface area contributed by atoms with Crippen molar-refractivity contribution in [3.63, 3.8) is 0 Å². The fourth-order valence-corrected chi connectivity index (χ4v) is 4.39. The monoisotopic (exact) mass is 491 g/mol. The zero-order chi connectivity index (χ0) is 26.1. The van der Waals surface area contributed by atoms with Crippen LogP contribution in [0.4, 0.5) is 4.79 Å². The summed E-state index contributed by atoms with van der Waals surface area (Å²) in [6.45, 7) is 5.64. The number of fused-ring (bicyclic) bond motifs is 1. The summed E-state index contributed by atoms with van der Waals surface area (Å²) >= 11 is 0. The Morgan fingerprint density at radius 1 is 1.06 bits per heavy atom. The van der Waals surface area contributed by atoms with Gasteiger partial charge in [0.25, 0.3) is 5.56 Å². The lowest BCUT2D eigenvalue weighted by atomic mass is 9.95. The molecule has 2 N–H and O–H groups in total. The third kappa shape index (κ3) is 5.22. The molecule has 1 aliphatic rings. The molecule has 1 heterocycles. The molecule has 2 amide bonds. The molecule has 3 aromatic rings. The van der Waals surface area contributed by atoms with E-state index < -0.39 is 17.2 Å². The maximum atomic E-state index is 13.2. The summed E-state index contributed by atoms with van der Waals surface area (Å²) in [5.41, 5.74) is 1.00. The van der Waals surface area contributed by atoms with Gasteiger partial charge >= 0.3 is 6.09 Å². The van der Waals surface area contributed by atoms with Crippen LogP contribution in [0.15, 0.2) is 53.3 Å². The van der Waals surface area contributed by atoms with E-state index in [1.807, 2.05) is 36.4 Å². The third-order valence-corrected chi connectivity index (χ3v) is 6.36. The number of rotatable bonds is 7. The van der Waals surface area contributed by atoms with Gasteiger partial charge < -0.3 is 24.7 Å². The van der Waals surface area contributed by atoms with Crippen molar-refractivity contribution in [3.05, 3.63) is 64.6 Å². The van der Waals surface area contributed by atoms with Crippen molar-refractivity contribution in [3.8, 4) is 16.9 Å². The molecule has 8 nitrogen and oxygen atoms in total. The number of hydrogen-bond acceptors (Lipinski definition) is 5. The zero-order valence-corrected chi connectivity index (χ0v) is 21.4. The van der Waals surface area contributed by atoms with Gasteiger partial charge in [-0.25, -0.2) is 4.79 Å². The molecule has 4 rings (SSSR count). The molecular formula is C28H33N3O5. The standard InChI is InChI=1S/C28H33N3O5/c1-27(2,3)36-26(34)30-28(14-15-28)25(33)29-16-13-22-23(18-9-7-6-8-10-18)21-17-19(35-5)11-12-20(21)24(32)31(22)4/h6-12,17H,13-16H2,1-5H3,(H,29,33)(H,30,34). The fraction of sp³-hybridized carbons (Fsp3) is 0.393. The molecular weight excluding hydrogens is 458 g/mol. The van der Waals surface area contributed by atoms with Gasteiger partial charge in [0, 0.05) is 42.0 Å². The van der Waals surface area contributed by atoms with E-state index in [0.717, 1.165) is 22.2 Å². The molecule has 0 radical (unpaired) electrons. The van der Waals surface area contributed by atoms with Gasteiger partial charge in [0.1, 0.15) is 16.9 Å². The summed E-state index contributed by atoms with van der Waals surface area (Å²) in [6.07, 6.45) is 0.938. The lowest BCUT2D eigenvalue weighted by molar-refractivity contribution is -0.124. The highest BCUT2D eigenvalue weighted by atomic mass is 16.6. The molecule has 1 aliphatic carbocycles. The smallest absolute Gasteiger partial charge is 0.408 e. The Balaban J connectivity index is 1.60. The van der Waals surface area contributed by atoms with E-state index >= 15 is 0 Å². The topological polar surface area (TPSA) is 98.7 Å². The summed E-state index contributed by atoms with van der Waals surface area (Å²) in [6, 6.07) is 15.3. The van der Waals surface area contributed by atoms with Gasteiger partial charge in [0.2, 0.25) is 5.91 Å². The molecule has 1 saturated carbocycles. The number of carbonyl (C=O) groups is 2. The number of benzene rings is 2. The maximum absolute atomic E-state index is 13.2. The van der Waals surface area contributed by atoms with Gasteiger partial charge in [-0.05, 0) is 57.4 Å². The van der Waals surface area contributed by atoms with Gasteiger partial charge in [0.15, 0.2) is 0 Å². The van der Waals surface area contributed by atoms with Crippen LogP contribution in [0, 0.1) is 0 Å². The average molecular weight is 492 g/mol. The number of aromatic nitrogens is 1. The number of methoxy groups -OCH3 is 1. The molecule has 0 atom stereocenters. The van der Waals surface area contributed by atoms with Crippen LogP contribution in [0.5, 0.6) is 5.75 Å². The van der Waals surface area contributed by atoms with Crippen molar-refractivity contribution in [1.29, 1.82) is 0 Å². The van der Waals surface area contributed by atoms with Gasteiger partial charge in [0.05, 0.1) is 7.11 Å². The molecule has 190 valence electrons. The van der Waals surface area contributed by atoms with Crippen LogP contribution in [0.3, 0.4) is 0 Å². The highest BCUT2D eigenvalue weighted by Gasteiger charge is 2.51. The number of hydrogen-bond donors (Lipinski definition) is 2. The van der Waals surface area contributed by atoms with E-state index in [2.05, 4.69) is 10.6 Å². The Kier molecular flexibility index (Phi) is 6.80. The first-order chi connectivity index (χ1) is 17.0. The number of nitrogens with one attached hydrogen (secondary N) is 2. The second-order valence-corrected chi connectivity index (χ2v) is 10.2. The van der Waals surface area contributed by atoms with E-state index in [4.69, 9.17) is 9.47 Å². The second kappa shape index (κ2) is 9.68. The first-order valence-corrected chi connectivity index (χ1v) is 12.1. The highest BCUT2D eigenvalue weighted by Crippen LogP contribution is 2.36. The zero-order valence-electron chi connectivity index (χ0n) is 21.4. The minimum absolute atomic E-state index is 0.112. The van der Waals surface area contributed by atoms with Crippen molar-refractivity contribution in [2.75, 3.05) is 13.7 Å². The molecule has 0 aliphatic heterocycles. The van der Waals surface area contributed by atoms with Crippen LogP contribution in [0.25, 0.3) is 21.9 Å². The van der Waals surface area contributed by atoms with Crippen LogP contribution in [-0.4, -0.2) is 41.4 Å². The van der Waals surface area contributed by atoms with E-state index in [-0.39, 0.29) is 11.5 Å². The van der Waals surface area contributed by atoms with Gasteiger partial charge in [-0.15, -0.1) is 0 Å². The normalized spacial score (nSPS) is 14.2. The first-order valence-electron chi connectivity index (χ1n) is 12.1. The molecule has 36 heavy (non-hydrogen) atoms. The van der Waals surface area contributed by atoms with Crippen LogP contribution in [-0.2, 0) is 23.0 Å². The molecule has 0 saturated heterocycles. The van der Waals surface area contributed by atoms with Crippen LogP contribution in [0.1, 0.15) is 39.3 Å². The summed E-state index contributed by atoms with van der Waals surface area (Å²) in [7, 11) is 3.35. The maximum Gasteiger partial charge on any atom is 0.408 e. The fourth-order valence-electron chi connectivity index (χ4n) is 4.39. The number of pyridine rings is 1. The molecule has 0 spiro atoms.